The molecule has 0 fully saturated rings. The van der Waals surface area contributed by atoms with E-state index < -0.39 is 37.6 Å². The second-order valence-corrected chi connectivity index (χ2v) is 8.39. The summed E-state index contributed by atoms with van der Waals surface area (Å²) in [5, 5.41) is 40.2. The van der Waals surface area contributed by atoms with Gasteiger partial charge in [-0.15, -0.1) is 0 Å². The highest BCUT2D eigenvalue weighted by molar-refractivity contribution is 5.64. The lowest BCUT2D eigenvalue weighted by atomic mass is 10.1. The minimum Gasteiger partial charge on any atom is -0.497 e. The smallest absolute Gasteiger partial charge is 0.324 e. The van der Waals surface area contributed by atoms with Crippen molar-refractivity contribution in [3.63, 3.8) is 0 Å². The molecular formula is C29H24N4O7. The molecule has 1 N–H and O–H groups in total. The minimum absolute atomic E-state index is 0.447. The molecule has 0 radical (unpaired) electrons. The van der Waals surface area contributed by atoms with Gasteiger partial charge in [0.15, 0.2) is 0 Å². The zero-order valence-corrected chi connectivity index (χ0v) is 21.1. The highest BCUT2D eigenvalue weighted by atomic mass is 16.6. The van der Waals surface area contributed by atoms with Crippen LogP contribution in [0, 0.1) is 42.2 Å². The van der Waals surface area contributed by atoms with Gasteiger partial charge in [0.05, 0.1) is 33.4 Å². The molecule has 40 heavy (non-hydrogen) atoms. The van der Waals surface area contributed by atoms with Crippen molar-refractivity contribution < 1.29 is 19.9 Å². The van der Waals surface area contributed by atoms with E-state index in [1.54, 1.807) is 0 Å². The van der Waals surface area contributed by atoms with Crippen LogP contribution in [-0.4, -0.2) is 31.3 Å². The number of benzene rings is 4. The second kappa shape index (κ2) is 14.4. The van der Waals surface area contributed by atoms with Crippen LogP contribution < -0.4 is 0 Å². The predicted octanol–water partition coefficient (Wildman–Crippen LogP) is 5.86. The zero-order valence-electron chi connectivity index (χ0n) is 21.1. The Labute approximate surface area is 229 Å². The summed E-state index contributed by atoms with van der Waals surface area (Å²) in [5.74, 6) is 5.37. The maximum Gasteiger partial charge on any atom is 0.324 e. The van der Waals surface area contributed by atoms with E-state index in [0.29, 0.717) is 12.1 Å². The minimum atomic E-state index is -1.21. The summed E-state index contributed by atoms with van der Waals surface area (Å²) in [6.07, 6.45) is 0. The molecule has 0 aromatic heterocycles. The fraction of sp³-hybridized carbons (Fsp3) is 0.103. The molecule has 0 saturated carbocycles. The van der Waals surface area contributed by atoms with E-state index in [1.807, 2.05) is 30.3 Å². The number of phenolic OH excluding ortho intramolecular Hbond substituents is 1. The van der Waals surface area contributed by atoms with Crippen LogP contribution in [-0.2, 0) is 13.1 Å². The van der Waals surface area contributed by atoms with Crippen LogP contribution >= 0.6 is 0 Å². The number of aromatic hydroxyl groups is 1. The molecule has 0 aliphatic carbocycles. The highest BCUT2D eigenvalue weighted by Crippen LogP contribution is 2.38. The van der Waals surface area contributed by atoms with Gasteiger partial charge in [-0.2, -0.15) is 0 Å². The van der Waals surface area contributed by atoms with Crippen molar-refractivity contribution in [1.82, 2.24) is 4.90 Å². The van der Waals surface area contributed by atoms with Gasteiger partial charge in [0, 0.05) is 18.7 Å². The molecule has 0 aliphatic heterocycles. The average Bonchev–Trinajstić information content (AvgIpc) is 2.94. The summed E-state index contributed by atoms with van der Waals surface area (Å²) in [7, 11) is 0. The van der Waals surface area contributed by atoms with Gasteiger partial charge in [0.25, 0.3) is 11.4 Å². The Morgan fingerprint density at radius 3 is 1.48 bits per heavy atom. The van der Waals surface area contributed by atoms with Gasteiger partial charge in [0.2, 0.25) is 0 Å². The lowest BCUT2D eigenvalue weighted by Crippen LogP contribution is -2.23. The number of nitro benzene ring substituents is 3. The number of phenols is 1. The molecule has 0 aliphatic rings. The summed E-state index contributed by atoms with van der Waals surface area (Å²) >= 11 is 0. The molecule has 4 rings (SSSR count). The summed E-state index contributed by atoms with van der Waals surface area (Å²) in [6, 6.07) is 32.2. The molecule has 11 nitrogen and oxygen atoms in total. The Bertz CT molecular complexity index is 1440. The van der Waals surface area contributed by atoms with E-state index in [9.17, 15) is 30.3 Å². The first-order valence-corrected chi connectivity index (χ1v) is 11.9. The summed E-state index contributed by atoms with van der Waals surface area (Å²) < 4.78 is 0. The van der Waals surface area contributed by atoms with Gasteiger partial charge < -0.3 is 5.11 Å². The fourth-order valence-electron chi connectivity index (χ4n) is 3.60. The largest absolute Gasteiger partial charge is 0.497 e. The highest BCUT2D eigenvalue weighted by Gasteiger charge is 2.30. The van der Waals surface area contributed by atoms with Crippen molar-refractivity contribution in [3.8, 4) is 17.6 Å². The van der Waals surface area contributed by atoms with E-state index in [-0.39, 0.29) is 0 Å². The third-order valence-electron chi connectivity index (χ3n) is 5.47. The van der Waals surface area contributed by atoms with Gasteiger partial charge in [0.1, 0.15) is 0 Å². The molecule has 0 bridgehead atoms. The second-order valence-electron chi connectivity index (χ2n) is 8.39. The first-order valence-electron chi connectivity index (χ1n) is 11.9. The summed E-state index contributed by atoms with van der Waals surface area (Å²) in [5.41, 5.74) is 0.694. The third-order valence-corrected chi connectivity index (χ3v) is 5.47. The molecule has 0 saturated heterocycles. The number of nitro groups is 3. The predicted molar refractivity (Wildman–Crippen MR) is 148 cm³/mol. The number of non-ortho nitro benzene ring substituents is 1. The molecule has 0 heterocycles. The first-order chi connectivity index (χ1) is 19.2. The van der Waals surface area contributed by atoms with Gasteiger partial charge in [-0.1, -0.05) is 90.7 Å². The van der Waals surface area contributed by atoms with Gasteiger partial charge in [-0.05, 0) is 23.3 Å². The topological polar surface area (TPSA) is 153 Å². The number of hydrogen-bond acceptors (Lipinski definition) is 8. The molecule has 0 atom stereocenters. The first kappa shape index (κ1) is 29.0. The summed E-state index contributed by atoms with van der Waals surface area (Å²) in [4.78, 5) is 30.1. The molecule has 4 aromatic carbocycles. The van der Waals surface area contributed by atoms with Crippen LogP contribution in [0.15, 0.2) is 103 Å². The third kappa shape index (κ3) is 8.76. The van der Waals surface area contributed by atoms with Crippen molar-refractivity contribution in [2.24, 2.45) is 0 Å². The van der Waals surface area contributed by atoms with Gasteiger partial charge >= 0.3 is 11.4 Å². The van der Waals surface area contributed by atoms with E-state index in [2.05, 4.69) is 77.4 Å². The van der Waals surface area contributed by atoms with Crippen LogP contribution in [0.2, 0.25) is 0 Å². The number of nitrogens with zero attached hydrogens (tertiary/aromatic N) is 4. The fourth-order valence-corrected chi connectivity index (χ4v) is 3.60. The molecule has 0 amide bonds. The Kier molecular flexibility index (Phi) is 10.4. The van der Waals surface area contributed by atoms with E-state index in [1.165, 1.54) is 11.1 Å². The summed E-state index contributed by atoms with van der Waals surface area (Å²) in [6.45, 7) is 2.55. The Morgan fingerprint density at radius 2 is 1.07 bits per heavy atom. The maximum atomic E-state index is 10.4. The standard InChI is InChI=1S/C23H21N.C6H3N3O7/c1-4-11-21(12-5-1)17-10-18-24(19-22-13-6-2-7-14-22)20-23-15-8-3-9-16-23;10-6-4(8(13)14)1-3(7(11)12)2-5(6)9(15)16/h1-9,11-16H,18-20H2;1-2,10H. The van der Waals surface area contributed by atoms with E-state index in [4.69, 9.17) is 5.11 Å². The van der Waals surface area contributed by atoms with Crippen LogP contribution in [0.4, 0.5) is 17.1 Å². The van der Waals surface area contributed by atoms with Crippen molar-refractivity contribution in [2.75, 3.05) is 6.54 Å². The molecular weight excluding hydrogens is 516 g/mol. The molecule has 11 heteroatoms. The van der Waals surface area contributed by atoms with Crippen LogP contribution in [0.25, 0.3) is 0 Å². The Hall–Kier alpha value is -5.60. The maximum absolute atomic E-state index is 10.4. The Morgan fingerprint density at radius 1 is 0.650 bits per heavy atom. The Balaban J connectivity index is 0.000000241. The zero-order chi connectivity index (χ0) is 28.9. The van der Waals surface area contributed by atoms with Crippen LogP contribution in [0.3, 0.4) is 0 Å². The number of hydrogen-bond donors (Lipinski definition) is 1. The monoisotopic (exact) mass is 540 g/mol. The van der Waals surface area contributed by atoms with Crippen molar-refractivity contribution in [2.45, 2.75) is 13.1 Å². The molecule has 4 aromatic rings. The molecule has 0 unspecified atom stereocenters. The van der Waals surface area contributed by atoms with Crippen molar-refractivity contribution in [1.29, 1.82) is 0 Å². The number of rotatable bonds is 8. The van der Waals surface area contributed by atoms with Gasteiger partial charge in [-0.25, -0.2) is 0 Å². The van der Waals surface area contributed by atoms with Crippen molar-refractivity contribution >= 4 is 17.1 Å². The van der Waals surface area contributed by atoms with Crippen LogP contribution in [0.1, 0.15) is 16.7 Å². The normalized spacial score (nSPS) is 10.0. The lowest BCUT2D eigenvalue weighted by Gasteiger charge is -2.20. The quantitative estimate of drug-likeness (QED) is 0.166. The van der Waals surface area contributed by atoms with Gasteiger partial charge in [-0.3, -0.25) is 35.2 Å². The van der Waals surface area contributed by atoms with Crippen molar-refractivity contribution in [3.05, 3.63) is 150 Å². The molecule has 0 spiro atoms. The van der Waals surface area contributed by atoms with E-state index >= 15 is 0 Å². The SMILES string of the molecule is C(#Cc1ccccc1)CN(Cc1ccccc1)Cc1ccccc1.O=[N+]([O-])c1cc([N+](=O)[O-])c(O)c([N+](=O)[O-])c1. The lowest BCUT2D eigenvalue weighted by molar-refractivity contribution is -0.404. The van der Waals surface area contributed by atoms with Crippen LogP contribution in [0.5, 0.6) is 5.75 Å². The van der Waals surface area contributed by atoms with E-state index in [0.717, 1.165) is 25.2 Å². The molecule has 202 valence electrons. The average molecular weight is 541 g/mol.